The van der Waals surface area contributed by atoms with Gasteiger partial charge in [0.15, 0.2) is 0 Å². The Morgan fingerprint density at radius 2 is 2.11 bits per heavy atom. The van der Waals surface area contributed by atoms with Crippen LogP contribution in [0.3, 0.4) is 0 Å². The van der Waals surface area contributed by atoms with Gasteiger partial charge < -0.3 is 14.9 Å². The average molecular weight is 631 g/mol. The summed E-state index contributed by atoms with van der Waals surface area (Å²) in [5.41, 5.74) is 14.3. The van der Waals surface area contributed by atoms with Crippen LogP contribution >= 0.6 is 12.2 Å². The van der Waals surface area contributed by atoms with Crippen LogP contribution in [-0.2, 0) is 27.8 Å². The molecule has 1 aliphatic carbocycles. The quantitative estimate of drug-likeness (QED) is 0.101. The highest BCUT2D eigenvalue weighted by Gasteiger charge is 2.45. The van der Waals surface area contributed by atoms with Gasteiger partial charge in [-0.05, 0) is 71.1 Å². The van der Waals surface area contributed by atoms with Gasteiger partial charge in [-0.25, -0.2) is 13.4 Å². The molecular formula is C31H34N8O3S2. The summed E-state index contributed by atoms with van der Waals surface area (Å²) in [4.78, 5) is 22.5. The van der Waals surface area contributed by atoms with Crippen LogP contribution in [-0.4, -0.2) is 56.5 Å². The van der Waals surface area contributed by atoms with E-state index in [4.69, 9.17) is 17.7 Å². The number of rotatable bonds is 10. The molecule has 2 saturated heterocycles. The first-order valence-corrected chi connectivity index (χ1v) is 16.9. The number of H-pyrrole nitrogens is 1. The number of carbonyl (C=O) groups is 1. The number of nitrogens with zero attached hydrogens (tertiary/aromatic N) is 6. The van der Waals surface area contributed by atoms with Crippen LogP contribution in [0.4, 0.5) is 0 Å². The number of piperidine rings is 2. The summed E-state index contributed by atoms with van der Waals surface area (Å²) in [6.45, 7) is 2.81. The van der Waals surface area contributed by atoms with E-state index in [-0.39, 0.29) is 41.1 Å². The number of sulfonamides is 1. The predicted molar refractivity (Wildman–Crippen MR) is 173 cm³/mol. The number of amides is 1. The molecule has 3 unspecified atom stereocenters. The van der Waals surface area contributed by atoms with E-state index in [1.165, 1.54) is 0 Å². The lowest BCUT2D eigenvalue weighted by atomic mass is 9.77. The van der Waals surface area contributed by atoms with E-state index in [1.807, 2.05) is 37.3 Å². The maximum atomic E-state index is 13.1. The summed E-state index contributed by atoms with van der Waals surface area (Å²) in [6, 6.07) is 14.0. The number of hydrogen-bond donors (Lipinski definition) is 2. The highest BCUT2D eigenvalue weighted by atomic mass is 32.2. The molecule has 228 valence electrons. The van der Waals surface area contributed by atoms with Gasteiger partial charge in [0.2, 0.25) is 15.9 Å². The summed E-state index contributed by atoms with van der Waals surface area (Å²) in [5.74, 6) is 0.272. The first-order chi connectivity index (χ1) is 21.3. The summed E-state index contributed by atoms with van der Waals surface area (Å²) >= 11 is 5.31. The zero-order chi connectivity index (χ0) is 30.8. The molecule has 1 saturated carbocycles. The summed E-state index contributed by atoms with van der Waals surface area (Å²) in [6.07, 6.45) is 8.79. The number of fused-ring (bicyclic) bond motifs is 4. The Bertz CT molecular complexity index is 1860. The molecule has 3 fully saturated rings. The highest BCUT2D eigenvalue weighted by Crippen LogP contribution is 2.46. The molecule has 7 rings (SSSR count). The predicted octanol–water partition coefficient (Wildman–Crippen LogP) is 5.64. The molecule has 13 heteroatoms. The van der Waals surface area contributed by atoms with Gasteiger partial charge in [-0.2, -0.15) is 4.31 Å². The zero-order valence-electron chi connectivity index (χ0n) is 24.4. The number of benzene rings is 2. The molecule has 4 heterocycles. The molecule has 0 radical (unpaired) electrons. The minimum Gasteiger partial charge on any atom is -0.352 e. The Balaban J connectivity index is 1.36. The Labute approximate surface area is 261 Å². The Morgan fingerprint density at radius 3 is 2.84 bits per heavy atom. The van der Waals surface area contributed by atoms with Gasteiger partial charge in [0, 0.05) is 64.6 Å². The fourth-order valence-electron chi connectivity index (χ4n) is 6.75. The molecule has 1 amide bonds. The van der Waals surface area contributed by atoms with Crippen molar-refractivity contribution in [3.8, 4) is 11.1 Å². The Hall–Kier alpha value is -4.03. The van der Waals surface area contributed by atoms with Gasteiger partial charge >= 0.3 is 0 Å². The fourth-order valence-corrected chi connectivity index (χ4v) is 8.72. The number of imidazole rings is 1. The molecular weight excluding hydrogens is 597 g/mol. The van der Waals surface area contributed by atoms with Crippen molar-refractivity contribution < 1.29 is 13.2 Å². The third-order valence-electron chi connectivity index (χ3n) is 8.78. The smallest absolute Gasteiger partial charge is 0.226 e. The first kappa shape index (κ1) is 30.0. The third-order valence-corrected chi connectivity index (χ3v) is 11.2. The molecule has 3 aliphatic rings. The maximum absolute atomic E-state index is 13.1. The molecule has 44 heavy (non-hydrogen) atoms. The molecule has 2 aliphatic heterocycles. The van der Waals surface area contributed by atoms with Crippen molar-refractivity contribution >= 4 is 44.0 Å². The Morgan fingerprint density at radius 1 is 1.25 bits per heavy atom. The van der Waals surface area contributed by atoms with Crippen LogP contribution in [0.15, 0.2) is 66.3 Å². The average Bonchev–Trinajstić information content (AvgIpc) is 3.68. The van der Waals surface area contributed by atoms with Crippen LogP contribution in [0.25, 0.3) is 32.5 Å². The SMILES string of the molecule is CCCS(=O)(=O)N1CC2CCC1CC2n1cc(-c2cccc(C(=S)N=[N+]=[N-])c2)c2ccc(CNC(=O)Cc3cnc[nH]3)cc21. The number of aromatic nitrogens is 3. The molecule has 0 spiro atoms. The van der Waals surface area contributed by atoms with Crippen LogP contribution in [0.2, 0.25) is 0 Å². The number of hydrogen-bond acceptors (Lipinski definition) is 5. The third kappa shape index (κ3) is 6.00. The van der Waals surface area contributed by atoms with E-state index in [2.05, 4.69) is 48.2 Å². The number of azide groups is 1. The van der Waals surface area contributed by atoms with E-state index < -0.39 is 10.0 Å². The minimum atomic E-state index is -3.28. The number of nitrogens with one attached hydrogen (secondary N) is 2. The van der Waals surface area contributed by atoms with E-state index >= 15 is 0 Å². The molecule has 3 atom stereocenters. The van der Waals surface area contributed by atoms with E-state index in [9.17, 15) is 13.2 Å². The maximum Gasteiger partial charge on any atom is 0.226 e. The highest BCUT2D eigenvalue weighted by molar-refractivity contribution is 7.89. The normalized spacial score (nSPS) is 20.0. The summed E-state index contributed by atoms with van der Waals surface area (Å²) < 4.78 is 30.2. The number of aromatic amines is 1. The lowest BCUT2D eigenvalue weighted by molar-refractivity contribution is -0.120. The summed E-state index contributed by atoms with van der Waals surface area (Å²) in [7, 11) is -3.28. The van der Waals surface area contributed by atoms with Crippen LogP contribution in [0, 0.1) is 5.92 Å². The van der Waals surface area contributed by atoms with E-state index in [1.54, 1.807) is 16.8 Å². The van der Waals surface area contributed by atoms with Crippen molar-refractivity contribution in [2.45, 2.75) is 57.7 Å². The largest absolute Gasteiger partial charge is 0.352 e. The second kappa shape index (κ2) is 12.5. The lowest BCUT2D eigenvalue weighted by Crippen LogP contribution is -2.54. The van der Waals surface area contributed by atoms with E-state index in [0.29, 0.717) is 25.1 Å². The van der Waals surface area contributed by atoms with Gasteiger partial charge in [0.25, 0.3) is 0 Å². The molecule has 2 aromatic heterocycles. The Kier molecular flexibility index (Phi) is 8.55. The minimum absolute atomic E-state index is 0.0167. The monoisotopic (exact) mass is 630 g/mol. The fraction of sp³-hybridized carbons (Fsp3) is 0.387. The van der Waals surface area contributed by atoms with E-state index in [0.717, 1.165) is 52.5 Å². The van der Waals surface area contributed by atoms with Gasteiger partial charge in [-0.15, -0.1) is 0 Å². The number of thiocarbonyl (C=S) groups is 1. The topological polar surface area (TPSA) is 149 Å². The van der Waals surface area contributed by atoms with Crippen LogP contribution < -0.4 is 5.32 Å². The molecule has 11 nitrogen and oxygen atoms in total. The van der Waals surface area contributed by atoms with Crippen molar-refractivity contribution in [2.75, 3.05) is 12.3 Å². The van der Waals surface area contributed by atoms with Gasteiger partial charge in [-0.3, -0.25) is 4.79 Å². The second-order valence-electron chi connectivity index (χ2n) is 11.6. The van der Waals surface area contributed by atoms with Gasteiger partial charge in [0.1, 0.15) is 4.99 Å². The standard InChI is InChI=1S/C31H34N8O3S2/c1-2-10-44(41,42)39-17-23-7-8-25(39)14-28(23)38-18-27(21-4-3-5-22(12-21)31(43)36-37-32)26-9-6-20(11-29(26)38)15-34-30(40)13-24-16-33-19-35-24/h3-6,9,11-12,16,18-19,23,25,28H,2,7-8,10,13-15,17H2,1H3,(H,33,35)(H,34,40). The molecule has 2 bridgehead atoms. The van der Waals surface area contributed by atoms with Crippen molar-refractivity contribution in [1.82, 2.24) is 24.2 Å². The van der Waals surface area contributed by atoms with Crippen molar-refractivity contribution in [3.05, 3.63) is 88.4 Å². The second-order valence-corrected chi connectivity index (χ2v) is 14.0. The number of carbonyl (C=O) groups excluding carboxylic acids is 1. The molecule has 2 aromatic carbocycles. The first-order valence-electron chi connectivity index (χ1n) is 14.8. The lowest BCUT2D eigenvalue weighted by Gasteiger charge is -2.49. The van der Waals surface area contributed by atoms with Crippen molar-refractivity contribution in [2.24, 2.45) is 11.0 Å². The van der Waals surface area contributed by atoms with Gasteiger partial charge in [-0.1, -0.05) is 49.5 Å². The van der Waals surface area contributed by atoms with Crippen LogP contribution in [0.1, 0.15) is 55.5 Å². The van der Waals surface area contributed by atoms with Gasteiger partial charge in [0.05, 0.1) is 18.5 Å². The zero-order valence-corrected chi connectivity index (χ0v) is 26.0. The van der Waals surface area contributed by atoms with Crippen molar-refractivity contribution in [1.29, 1.82) is 0 Å². The molecule has 4 aromatic rings. The van der Waals surface area contributed by atoms with Crippen molar-refractivity contribution in [3.63, 3.8) is 0 Å². The summed E-state index contributed by atoms with van der Waals surface area (Å²) in [5, 5.41) is 7.67. The van der Waals surface area contributed by atoms with Crippen LogP contribution in [0.5, 0.6) is 0 Å². The molecule has 2 N–H and O–H groups in total.